The molecule has 1 aromatic rings. The molecule has 0 fully saturated rings. The van der Waals surface area contributed by atoms with Crippen molar-refractivity contribution in [2.75, 3.05) is 0 Å². The minimum atomic E-state index is 0. The number of ketones is 1. The highest BCUT2D eigenvalue weighted by Crippen LogP contribution is 2.16. The van der Waals surface area contributed by atoms with Gasteiger partial charge in [-0.25, -0.2) is 4.98 Å². The molecule has 0 aliphatic rings. The Morgan fingerprint density at radius 2 is 2.00 bits per heavy atom. The molecule has 0 radical (unpaired) electrons. The Labute approximate surface area is 76.1 Å². The van der Waals surface area contributed by atoms with Gasteiger partial charge in [0.15, 0.2) is 5.78 Å². The van der Waals surface area contributed by atoms with Crippen LogP contribution in [0.15, 0.2) is 0 Å². The van der Waals surface area contributed by atoms with E-state index in [0.717, 1.165) is 15.6 Å². The van der Waals surface area contributed by atoms with Crippen LogP contribution in [0.4, 0.5) is 0 Å². The Morgan fingerprint density at radius 1 is 1.45 bits per heavy atom. The van der Waals surface area contributed by atoms with Crippen molar-refractivity contribution in [2.45, 2.75) is 20.8 Å². The summed E-state index contributed by atoms with van der Waals surface area (Å²) in [6.45, 7) is 5.34. The number of hydrogen-bond donors (Lipinski definition) is 0. The molecule has 0 saturated heterocycles. The molecule has 0 N–H and O–H groups in total. The van der Waals surface area contributed by atoms with E-state index in [9.17, 15) is 4.79 Å². The lowest BCUT2D eigenvalue weighted by atomic mass is 10.3. The number of halogens is 1. The van der Waals surface area contributed by atoms with Crippen molar-refractivity contribution in [2.24, 2.45) is 0 Å². The molecule has 4 heteroatoms. The van der Waals surface area contributed by atoms with Gasteiger partial charge in [-0.05, 0) is 13.8 Å². The molecular formula is C7H10ClNOS. The minimum absolute atomic E-state index is 0. The average molecular weight is 192 g/mol. The van der Waals surface area contributed by atoms with Crippen molar-refractivity contribution in [3.05, 3.63) is 15.6 Å². The summed E-state index contributed by atoms with van der Waals surface area (Å²) in [4.78, 5) is 15.8. The third-order valence-electron chi connectivity index (χ3n) is 1.22. The molecule has 11 heavy (non-hydrogen) atoms. The lowest BCUT2D eigenvalue weighted by Gasteiger charge is -1.85. The van der Waals surface area contributed by atoms with Crippen LogP contribution in [0.2, 0.25) is 0 Å². The van der Waals surface area contributed by atoms with Crippen molar-refractivity contribution in [1.29, 1.82) is 0 Å². The maximum atomic E-state index is 10.8. The fourth-order valence-electron chi connectivity index (χ4n) is 0.858. The normalized spacial score (nSPS) is 9.00. The van der Waals surface area contributed by atoms with Crippen LogP contribution >= 0.6 is 23.7 Å². The van der Waals surface area contributed by atoms with Crippen molar-refractivity contribution < 1.29 is 4.79 Å². The highest BCUT2D eigenvalue weighted by Gasteiger charge is 2.07. The largest absolute Gasteiger partial charge is 0.294 e. The van der Waals surface area contributed by atoms with Gasteiger partial charge in [-0.2, -0.15) is 0 Å². The first-order valence-corrected chi connectivity index (χ1v) is 3.88. The molecule has 0 aliphatic heterocycles. The highest BCUT2D eigenvalue weighted by atomic mass is 35.5. The zero-order valence-corrected chi connectivity index (χ0v) is 8.30. The van der Waals surface area contributed by atoms with Crippen molar-refractivity contribution >= 4 is 29.5 Å². The molecular weight excluding hydrogens is 182 g/mol. The Balaban J connectivity index is 0.000001000. The molecule has 0 atom stereocenters. The van der Waals surface area contributed by atoms with Gasteiger partial charge in [0.25, 0.3) is 0 Å². The summed E-state index contributed by atoms with van der Waals surface area (Å²) in [5.41, 5.74) is 0.856. The Kier molecular flexibility index (Phi) is 3.69. The summed E-state index contributed by atoms with van der Waals surface area (Å²) in [5.74, 6) is 0.114. The molecule has 0 bridgehead atoms. The summed E-state index contributed by atoms with van der Waals surface area (Å²) >= 11 is 1.46. The number of aromatic nitrogens is 1. The van der Waals surface area contributed by atoms with E-state index in [1.165, 1.54) is 11.3 Å². The molecule has 1 heterocycles. The average Bonchev–Trinajstić information content (AvgIpc) is 2.10. The van der Waals surface area contributed by atoms with Gasteiger partial charge in [-0.15, -0.1) is 23.7 Å². The van der Waals surface area contributed by atoms with Gasteiger partial charge in [-0.3, -0.25) is 4.79 Å². The highest BCUT2D eigenvalue weighted by molar-refractivity contribution is 7.13. The van der Waals surface area contributed by atoms with Crippen molar-refractivity contribution in [3.63, 3.8) is 0 Å². The zero-order valence-electron chi connectivity index (χ0n) is 6.67. The van der Waals surface area contributed by atoms with Gasteiger partial charge in [-0.1, -0.05) is 0 Å². The van der Waals surface area contributed by atoms with E-state index >= 15 is 0 Å². The third kappa shape index (κ3) is 2.27. The zero-order chi connectivity index (χ0) is 7.72. The molecule has 0 spiro atoms. The predicted molar refractivity (Wildman–Crippen MR) is 48.8 cm³/mol. The first kappa shape index (κ1) is 10.6. The van der Waals surface area contributed by atoms with Crippen LogP contribution in [0.1, 0.15) is 27.3 Å². The van der Waals surface area contributed by atoms with Gasteiger partial charge in [0.2, 0.25) is 0 Å². The standard InChI is InChI=1S/C7H9NOS.ClH/c1-4-7(5(2)9)10-6(3)8-4;/h1-3H3;1H. The number of rotatable bonds is 1. The molecule has 1 rings (SSSR count). The molecule has 62 valence electrons. The van der Waals surface area contributed by atoms with Crippen molar-refractivity contribution in [1.82, 2.24) is 4.98 Å². The molecule has 1 aromatic heterocycles. The first-order chi connectivity index (χ1) is 4.61. The summed E-state index contributed by atoms with van der Waals surface area (Å²) in [7, 11) is 0. The van der Waals surface area contributed by atoms with Crippen LogP contribution in [0, 0.1) is 13.8 Å². The Bertz CT molecular complexity index is 269. The van der Waals surface area contributed by atoms with Crippen LogP contribution in [0.5, 0.6) is 0 Å². The smallest absolute Gasteiger partial charge is 0.171 e. The predicted octanol–water partition coefficient (Wildman–Crippen LogP) is 2.38. The number of nitrogens with zero attached hydrogens (tertiary/aromatic N) is 1. The van der Waals surface area contributed by atoms with Gasteiger partial charge in [0, 0.05) is 6.92 Å². The second kappa shape index (κ2) is 3.83. The van der Waals surface area contributed by atoms with Gasteiger partial charge in [0.1, 0.15) is 0 Å². The van der Waals surface area contributed by atoms with Crippen LogP contribution in [0.3, 0.4) is 0 Å². The SMILES string of the molecule is CC(=O)c1sc(C)nc1C.Cl. The summed E-state index contributed by atoms with van der Waals surface area (Å²) in [6, 6.07) is 0. The van der Waals surface area contributed by atoms with E-state index < -0.39 is 0 Å². The number of Topliss-reactive ketones (excluding diaryl/α,β-unsaturated/α-hetero) is 1. The number of aryl methyl sites for hydroxylation is 2. The number of carbonyl (C=O) groups is 1. The van der Waals surface area contributed by atoms with Crippen molar-refractivity contribution in [3.8, 4) is 0 Å². The minimum Gasteiger partial charge on any atom is -0.294 e. The van der Waals surface area contributed by atoms with Gasteiger partial charge >= 0.3 is 0 Å². The van der Waals surface area contributed by atoms with Crippen LogP contribution in [-0.4, -0.2) is 10.8 Å². The molecule has 0 aromatic carbocycles. The number of hydrogen-bond acceptors (Lipinski definition) is 3. The molecule has 0 amide bonds. The Morgan fingerprint density at radius 3 is 2.18 bits per heavy atom. The Hall–Kier alpha value is -0.410. The summed E-state index contributed by atoms with van der Waals surface area (Å²) in [6.07, 6.45) is 0. The molecule has 2 nitrogen and oxygen atoms in total. The number of thiazole rings is 1. The first-order valence-electron chi connectivity index (χ1n) is 3.06. The van der Waals surface area contributed by atoms with E-state index in [4.69, 9.17) is 0 Å². The quantitative estimate of drug-likeness (QED) is 0.638. The fourth-order valence-corrected chi connectivity index (χ4v) is 1.67. The van der Waals surface area contributed by atoms with Gasteiger partial charge < -0.3 is 0 Å². The molecule has 0 aliphatic carbocycles. The number of carbonyl (C=O) groups excluding carboxylic acids is 1. The van der Waals surface area contributed by atoms with Gasteiger partial charge in [0.05, 0.1) is 15.6 Å². The molecule has 0 unspecified atom stereocenters. The van der Waals surface area contributed by atoms with E-state index in [-0.39, 0.29) is 18.2 Å². The van der Waals surface area contributed by atoms with E-state index in [1.807, 2.05) is 13.8 Å². The maximum absolute atomic E-state index is 10.8. The lowest BCUT2D eigenvalue weighted by Crippen LogP contribution is -1.89. The molecule has 0 saturated carbocycles. The lowest BCUT2D eigenvalue weighted by molar-refractivity contribution is 0.102. The van der Waals surface area contributed by atoms with E-state index in [2.05, 4.69) is 4.98 Å². The second-order valence-corrected chi connectivity index (χ2v) is 3.41. The van der Waals surface area contributed by atoms with Crippen LogP contribution in [0.25, 0.3) is 0 Å². The van der Waals surface area contributed by atoms with Crippen LogP contribution in [-0.2, 0) is 0 Å². The third-order valence-corrected chi connectivity index (χ3v) is 2.40. The van der Waals surface area contributed by atoms with E-state index in [0.29, 0.717) is 0 Å². The topological polar surface area (TPSA) is 30.0 Å². The fraction of sp³-hybridized carbons (Fsp3) is 0.429. The van der Waals surface area contributed by atoms with E-state index in [1.54, 1.807) is 6.92 Å². The monoisotopic (exact) mass is 191 g/mol. The second-order valence-electron chi connectivity index (χ2n) is 2.20. The summed E-state index contributed by atoms with van der Waals surface area (Å²) in [5, 5.41) is 0.961. The summed E-state index contributed by atoms with van der Waals surface area (Å²) < 4.78 is 0. The maximum Gasteiger partial charge on any atom is 0.171 e. The van der Waals surface area contributed by atoms with Crippen LogP contribution < -0.4 is 0 Å².